The fourth-order valence-electron chi connectivity index (χ4n) is 2.47. The highest BCUT2D eigenvalue weighted by molar-refractivity contribution is 6.07. The molecule has 0 saturated heterocycles. The standard InChI is InChI=1S/C23H28O4/c1-3-5-16-26-22-8-7-9-23(27-17-6-4-2)20(22)14-15-21(25)18-10-12-19(24)13-11-18/h7-15,24H,3-6,16-17H2,1-2H3. The van der Waals surface area contributed by atoms with Crippen LogP contribution in [0.1, 0.15) is 55.5 Å². The van der Waals surface area contributed by atoms with Crippen molar-refractivity contribution in [3.63, 3.8) is 0 Å². The van der Waals surface area contributed by atoms with Crippen molar-refractivity contribution >= 4 is 11.9 Å². The van der Waals surface area contributed by atoms with E-state index in [1.165, 1.54) is 18.2 Å². The first kappa shape index (κ1) is 20.6. The highest BCUT2D eigenvalue weighted by Gasteiger charge is 2.10. The molecule has 0 amide bonds. The van der Waals surface area contributed by atoms with Crippen molar-refractivity contribution in [3.8, 4) is 17.2 Å². The summed E-state index contributed by atoms with van der Waals surface area (Å²) in [6.07, 6.45) is 7.31. The minimum absolute atomic E-state index is 0.136. The third-order valence-electron chi connectivity index (χ3n) is 4.09. The van der Waals surface area contributed by atoms with Crippen LogP contribution in [-0.4, -0.2) is 24.1 Å². The molecule has 144 valence electrons. The van der Waals surface area contributed by atoms with Gasteiger partial charge in [0.05, 0.1) is 18.8 Å². The molecule has 2 rings (SSSR count). The van der Waals surface area contributed by atoms with Crippen molar-refractivity contribution in [3.05, 3.63) is 59.7 Å². The zero-order valence-electron chi connectivity index (χ0n) is 16.1. The number of unbranched alkanes of at least 4 members (excludes halogenated alkanes) is 2. The first-order valence-corrected chi connectivity index (χ1v) is 9.55. The van der Waals surface area contributed by atoms with E-state index < -0.39 is 0 Å². The molecule has 0 atom stereocenters. The molecule has 1 N–H and O–H groups in total. The molecule has 0 aromatic heterocycles. The molecular weight excluding hydrogens is 340 g/mol. The van der Waals surface area contributed by atoms with Crippen LogP contribution in [0, 0.1) is 0 Å². The van der Waals surface area contributed by atoms with Crippen LogP contribution in [0.3, 0.4) is 0 Å². The van der Waals surface area contributed by atoms with E-state index in [0.29, 0.717) is 30.3 Å². The molecule has 0 aliphatic rings. The van der Waals surface area contributed by atoms with Gasteiger partial charge in [-0.2, -0.15) is 0 Å². The summed E-state index contributed by atoms with van der Waals surface area (Å²) in [5, 5.41) is 9.36. The lowest BCUT2D eigenvalue weighted by atomic mass is 10.1. The van der Waals surface area contributed by atoms with Gasteiger partial charge in [-0.1, -0.05) is 32.8 Å². The number of ketones is 1. The van der Waals surface area contributed by atoms with E-state index in [-0.39, 0.29) is 11.5 Å². The van der Waals surface area contributed by atoms with Crippen molar-refractivity contribution < 1.29 is 19.4 Å². The quantitative estimate of drug-likeness (QED) is 0.316. The molecule has 0 aliphatic carbocycles. The molecule has 2 aromatic carbocycles. The fraction of sp³-hybridized carbons (Fsp3) is 0.348. The van der Waals surface area contributed by atoms with Crippen molar-refractivity contribution in [1.82, 2.24) is 0 Å². The Labute approximate surface area is 161 Å². The number of hydrogen-bond acceptors (Lipinski definition) is 4. The molecular formula is C23H28O4. The van der Waals surface area contributed by atoms with Crippen molar-refractivity contribution in [2.45, 2.75) is 39.5 Å². The highest BCUT2D eigenvalue weighted by atomic mass is 16.5. The number of ether oxygens (including phenoxy) is 2. The number of carbonyl (C=O) groups is 1. The van der Waals surface area contributed by atoms with Gasteiger partial charge < -0.3 is 14.6 Å². The zero-order chi connectivity index (χ0) is 19.5. The largest absolute Gasteiger partial charge is 0.508 e. The summed E-state index contributed by atoms with van der Waals surface area (Å²) in [4.78, 5) is 12.4. The Morgan fingerprint density at radius 1 is 0.926 bits per heavy atom. The predicted molar refractivity (Wildman–Crippen MR) is 109 cm³/mol. The summed E-state index contributed by atoms with van der Waals surface area (Å²) in [5.74, 6) is 1.43. The number of carbonyl (C=O) groups excluding carboxylic acids is 1. The van der Waals surface area contributed by atoms with E-state index in [4.69, 9.17) is 9.47 Å². The van der Waals surface area contributed by atoms with Gasteiger partial charge in [0.15, 0.2) is 5.78 Å². The second-order valence-electron chi connectivity index (χ2n) is 6.32. The van der Waals surface area contributed by atoms with Crippen LogP contribution in [0.2, 0.25) is 0 Å². The molecule has 0 spiro atoms. The molecule has 0 unspecified atom stereocenters. The van der Waals surface area contributed by atoms with Gasteiger partial charge in [0, 0.05) is 5.56 Å². The number of benzene rings is 2. The molecule has 0 fully saturated rings. The number of rotatable bonds is 11. The molecule has 0 bridgehead atoms. The maximum Gasteiger partial charge on any atom is 0.185 e. The molecule has 0 aliphatic heterocycles. The van der Waals surface area contributed by atoms with Crippen molar-refractivity contribution in [2.75, 3.05) is 13.2 Å². The van der Waals surface area contributed by atoms with Crippen molar-refractivity contribution in [2.24, 2.45) is 0 Å². The number of phenols is 1. The van der Waals surface area contributed by atoms with E-state index in [1.807, 2.05) is 18.2 Å². The molecule has 0 radical (unpaired) electrons. The van der Waals surface area contributed by atoms with E-state index in [0.717, 1.165) is 31.2 Å². The summed E-state index contributed by atoms with van der Waals surface area (Å²) in [7, 11) is 0. The fourth-order valence-corrected chi connectivity index (χ4v) is 2.47. The minimum Gasteiger partial charge on any atom is -0.508 e. The lowest BCUT2D eigenvalue weighted by Gasteiger charge is -2.14. The molecule has 27 heavy (non-hydrogen) atoms. The molecule has 4 heteroatoms. The predicted octanol–water partition coefficient (Wildman–Crippen LogP) is 5.65. The van der Waals surface area contributed by atoms with Gasteiger partial charge in [-0.15, -0.1) is 0 Å². The highest BCUT2D eigenvalue weighted by Crippen LogP contribution is 2.30. The first-order chi connectivity index (χ1) is 13.2. The topological polar surface area (TPSA) is 55.8 Å². The van der Waals surface area contributed by atoms with Crippen LogP contribution in [0.25, 0.3) is 6.08 Å². The normalized spacial score (nSPS) is 10.9. The Balaban J connectivity index is 2.23. The Hall–Kier alpha value is -2.75. The summed E-state index contributed by atoms with van der Waals surface area (Å²) in [6.45, 7) is 5.48. The lowest BCUT2D eigenvalue weighted by molar-refractivity contribution is 0.104. The number of allylic oxidation sites excluding steroid dienone is 1. The van der Waals surface area contributed by atoms with Crippen LogP contribution >= 0.6 is 0 Å². The smallest absolute Gasteiger partial charge is 0.185 e. The van der Waals surface area contributed by atoms with Crippen molar-refractivity contribution in [1.29, 1.82) is 0 Å². The van der Waals surface area contributed by atoms with E-state index in [9.17, 15) is 9.90 Å². The third kappa shape index (κ3) is 6.48. The number of aromatic hydroxyl groups is 1. The zero-order valence-corrected chi connectivity index (χ0v) is 16.1. The maximum absolute atomic E-state index is 12.4. The summed E-state index contributed by atoms with van der Waals surface area (Å²) < 4.78 is 11.8. The summed E-state index contributed by atoms with van der Waals surface area (Å²) in [6, 6.07) is 11.9. The first-order valence-electron chi connectivity index (χ1n) is 9.55. The Bertz CT molecular complexity index is 719. The van der Waals surface area contributed by atoms with Gasteiger partial charge in [0.2, 0.25) is 0 Å². The molecule has 0 saturated carbocycles. The van der Waals surface area contributed by atoms with Gasteiger partial charge in [-0.05, 0) is 61.4 Å². The minimum atomic E-state index is -0.141. The van der Waals surface area contributed by atoms with Gasteiger partial charge >= 0.3 is 0 Å². The second kappa shape index (κ2) is 11.1. The summed E-state index contributed by atoms with van der Waals surface area (Å²) in [5.41, 5.74) is 1.29. The average molecular weight is 368 g/mol. The van der Waals surface area contributed by atoms with Crippen LogP contribution in [0.15, 0.2) is 48.5 Å². The monoisotopic (exact) mass is 368 g/mol. The van der Waals surface area contributed by atoms with Gasteiger partial charge in [0.1, 0.15) is 17.2 Å². The number of phenolic OH excluding ortho intramolecular Hbond substituents is 1. The Morgan fingerprint density at radius 2 is 1.48 bits per heavy atom. The van der Waals surface area contributed by atoms with Crippen LogP contribution in [0.5, 0.6) is 17.2 Å². The maximum atomic E-state index is 12.4. The molecule has 0 heterocycles. The number of hydrogen-bond donors (Lipinski definition) is 1. The molecule has 4 nitrogen and oxygen atoms in total. The second-order valence-corrected chi connectivity index (χ2v) is 6.32. The third-order valence-corrected chi connectivity index (χ3v) is 4.09. The van der Waals surface area contributed by atoms with Crippen LogP contribution < -0.4 is 9.47 Å². The van der Waals surface area contributed by atoms with E-state index in [2.05, 4.69) is 13.8 Å². The van der Waals surface area contributed by atoms with E-state index in [1.54, 1.807) is 18.2 Å². The van der Waals surface area contributed by atoms with Crippen LogP contribution in [0.4, 0.5) is 0 Å². The Morgan fingerprint density at radius 3 is 2.00 bits per heavy atom. The van der Waals surface area contributed by atoms with Gasteiger partial charge in [-0.3, -0.25) is 4.79 Å². The van der Waals surface area contributed by atoms with Crippen LogP contribution in [-0.2, 0) is 0 Å². The Kier molecular flexibility index (Phi) is 8.43. The van der Waals surface area contributed by atoms with Gasteiger partial charge in [0.25, 0.3) is 0 Å². The van der Waals surface area contributed by atoms with E-state index >= 15 is 0 Å². The van der Waals surface area contributed by atoms with Gasteiger partial charge in [-0.25, -0.2) is 0 Å². The average Bonchev–Trinajstić information content (AvgIpc) is 2.68. The lowest BCUT2D eigenvalue weighted by Crippen LogP contribution is -2.02. The summed E-state index contributed by atoms with van der Waals surface area (Å²) >= 11 is 0. The molecule has 2 aromatic rings. The SMILES string of the molecule is CCCCOc1cccc(OCCCC)c1C=CC(=O)c1ccc(O)cc1.